The van der Waals surface area contributed by atoms with Crippen molar-refractivity contribution in [3.63, 3.8) is 0 Å². The van der Waals surface area contributed by atoms with Gasteiger partial charge in [-0.15, -0.1) is 0 Å². The summed E-state index contributed by atoms with van der Waals surface area (Å²) in [6, 6.07) is 5.83. The molecular formula is C18H26N2O4. The van der Waals surface area contributed by atoms with Crippen molar-refractivity contribution in [2.75, 3.05) is 46.0 Å². The predicted molar refractivity (Wildman–Crippen MR) is 90.6 cm³/mol. The van der Waals surface area contributed by atoms with Crippen molar-refractivity contribution in [1.29, 1.82) is 0 Å². The van der Waals surface area contributed by atoms with Crippen LogP contribution in [0.1, 0.15) is 19.4 Å². The molecule has 0 aromatic heterocycles. The average Bonchev–Trinajstić information content (AvgIpc) is 2.88. The van der Waals surface area contributed by atoms with Gasteiger partial charge in [-0.05, 0) is 19.9 Å². The Labute approximate surface area is 143 Å². The van der Waals surface area contributed by atoms with E-state index in [-0.39, 0.29) is 18.1 Å². The summed E-state index contributed by atoms with van der Waals surface area (Å²) in [5, 5.41) is 2.90. The SMILES string of the molecule is CC1(C)Cc2cccc(OCC(=O)NCCN3CCOCC3)c2O1. The van der Waals surface area contributed by atoms with Gasteiger partial charge in [0.05, 0.1) is 13.2 Å². The molecule has 1 aromatic rings. The van der Waals surface area contributed by atoms with Gasteiger partial charge in [0.15, 0.2) is 18.1 Å². The van der Waals surface area contributed by atoms with Gasteiger partial charge >= 0.3 is 0 Å². The van der Waals surface area contributed by atoms with E-state index < -0.39 is 0 Å². The van der Waals surface area contributed by atoms with Gasteiger partial charge in [-0.2, -0.15) is 0 Å². The maximum Gasteiger partial charge on any atom is 0.257 e. The molecule has 1 amide bonds. The number of para-hydroxylation sites is 1. The van der Waals surface area contributed by atoms with Crippen LogP contribution in [-0.4, -0.2) is 62.4 Å². The Balaban J connectivity index is 1.43. The minimum atomic E-state index is -0.220. The van der Waals surface area contributed by atoms with Crippen LogP contribution in [0.2, 0.25) is 0 Å². The minimum Gasteiger partial charge on any atom is -0.483 e. The van der Waals surface area contributed by atoms with E-state index in [2.05, 4.69) is 24.1 Å². The maximum absolute atomic E-state index is 12.0. The van der Waals surface area contributed by atoms with Crippen LogP contribution in [-0.2, 0) is 16.0 Å². The predicted octanol–water partition coefficient (Wildman–Crippen LogP) is 1.23. The monoisotopic (exact) mass is 334 g/mol. The first-order valence-corrected chi connectivity index (χ1v) is 8.54. The molecule has 2 aliphatic heterocycles. The molecule has 1 fully saturated rings. The Bertz CT molecular complexity index is 582. The number of hydrogen-bond acceptors (Lipinski definition) is 5. The van der Waals surface area contributed by atoms with Gasteiger partial charge in [0.25, 0.3) is 5.91 Å². The lowest BCUT2D eigenvalue weighted by Gasteiger charge is -2.26. The molecule has 0 radical (unpaired) electrons. The van der Waals surface area contributed by atoms with E-state index in [1.54, 1.807) is 0 Å². The first kappa shape index (κ1) is 17.0. The number of nitrogens with zero attached hydrogens (tertiary/aromatic N) is 1. The first-order chi connectivity index (χ1) is 11.5. The van der Waals surface area contributed by atoms with Crippen molar-refractivity contribution in [2.24, 2.45) is 0 Å². The molecule has 6 nitrogen and oxygen atoms in total. The molecule has 0 saturated carbocycles. The van der Waals surface area contributed by atoms with E-state index in [9.17, 15) is 4.79 Å². The molecule has 0 spiro atoms. The Hall–Kier alpha value is -1.79. The van der Waals surface area contributed by atoms with Crippen LogP contribution >= 0.6 is 0 Å². The zero-order valence-electron chi connectivity index (χ0n) is 14.5. The molecule has 24 heavy (non-hydrogen) atoms. The molecule has 1 saturated heterocycles. The van der Waals surface area contributed by atoms with E-state index in [0.29, 0.717) is 12.3 Å². The Morgan fingerprint density at radius 1 is 1.33 bits per heavy atom. The third-order valence-electron chi connectivity index (χ3n) is 4.27. The van der Waals surface area contributed by atoms with Crippen LogP contribution in [0.5, 0.6) is 11.5 Å². The summed E-state index contributed by atoms with van der Waals surface area (Å²) in [5.41, 5.74) is 0.910. The molecule has 0 bridgehead atoms. The zero-order valence-corrected chi connectivity index (χ0v) is 14.5. The summed E-state index contributed by atoms with van der Waals surface area (Å²) in [6.45, 7) is 8.96. The highest BCUT2D eigenvalue weighted by Crippen LogP contribution is 2.41. The molecule has 0 unspecified atom stereocenters. The Kier molecular flexibility index (Phi) is 5.26. The lowest BCUT2D eigenvalue weighted by molar-refractivity contribution is -0.123. The molecule has 1 N–H and O–H groups in total. The molecule has 6 heteroatoms. The fourth-order valence-electron chi connectivity index (χ4n) is 3.07. The molecule has 3 rings (SSSR count). The van der Waals surface area contributed by atoms with Crippen LogP contribution in [0, 0.1) is 0 Å². The largest absolute Gasteiger partial charge is 0.483 e. The van der Waals surface area contributed by atoms with Crippen LogP contribution in [0.15, 0.2) is 18.2 Å². The van der Waals surface area contributed by atoms with Crippen LogP contribution in [0.25, 0.3) is 0 Å². The summed E-state index contributed by atoms with van der Waals surface area (Å²) < 4.78 is 16.9. The number of carbonyl (C=O) groups excluding carboxylic acids is 1. The Morgan fingerprint density at radius 2 is 2.12 bits per heavy atom. The quantitative estimate of drug-likeness (QED) is 0.848. The summed E-state index contributed by atoms with van der Waals surface area (Å²) in [4.78, 5) is 14.2. The van der Waals surface area contributed by atoms with Gasteiger partial charge in [-0.1, -0.05) is 12.1 Å². The van der Waals surface area contributed by atoms with Crippen molar-refractivity contribution >= 4 is 5.91 Å². The number of fused-ring (bicyclic) bond motifs is 1. The number of ether oxygens (including phenoxy) is 3. The van der Waals surface area contributed by atoms with E-state index in [1.807, 2.05) is 18.2 Å². The third-order valence-corrected chi connectivity index (χ3v) is 4.27. The van der Waals surface area contributed by atoms with Crippen LogP contribution < -0.4 is 14.8 Å². The Morgan fingerprint density at radius 3 is 2.92 bits per heavy atom. The highest BCUT2D eigenvalue weighted by atomic mass is 16.5. The second kappa shape index (κ2) is 7.40. The molecule has 2 heterocycles. The fourth-order valence-corrected chi connectivity index (χ4v) is 3.07. The van der Waals surface area contributed by atoms with Crippen molar-refractivity contribution in [1.82, 2.24) is 10.2 Å². The van der Waals surface area contributed by atoms with E-state index in [1.165, 1.54) is 0 Å². The van der Waals surface area contributed by atoms with Gasteiger partial charge < -0.3 is 19.5 Å². The second-order valence-electron chi connectivity index (χ2n) is 6.88. The van der Waals surface area contributed by atoms with Gasteiger partial charge in [-0.3, -0.25) is 9.69 Å². The van der Waals surface area contributed by atoms with E-state index in [0.717, 1.165) is 50.6 Å². The minimum absolute atomic E-state index is 0.00333. The van der Waals surface area contributed by atoms with Crippen LogP contribution in [0.3, 0.4) is 0 Å². The first-order valence-electron chi connectivity index (χ1n) is 8.54. The summed E-state index contributed by atoms with van der Waals surface area (Å²) in [7, 11) is 0. The number of carbonyl (C=O) groups is 1. The molecule has 0 atom stereocenters. The fraction of sp³-hybridized carbons (Fsp3) is 0.611. The van der Waals surface area contributed by atoms with Gasteiger partial charge in [0, 0.05) is 38.2 Å². The summed E-state index contributed by atoms with van der Waals surface area (Å²) in [5.74, 6) is 1.29. The number of rotatable bonds is 6. The molecule has 1 aromatic carbocycles. The lowest BCUT2D eigenvalue weighted by Crippen LogP contribution is -2.42. The number of hydrogen-bond donors (Lipinski definition) is 1. The maximum atomic E-state index is 12.0. The van der Waals surface area contributed by atoms with Gasteiger partial charge in [0.1, 0.15) is 5.60 Å². The van der Waals surface area contributed by atoms with Crippen molar-refractivity contribution in [2.45, 2.75) is 25.9 Å². The zero-order chi connectivity index (χ0) is 17.0. The average molecular weight is 334 g/mol. The van der Waals surface area contributed by atoms with E-state index in [4.69, 9.17) is 14.2 Å². The smallest absolute Gasteiger partial charge is 0.257 e. The number of amides is 1. The summed E-state index contributed by atoms with van der Waals surface area (Å²) >= 11 is 0. The van der Waals surface area contributed by atoms with Gasteiger partial charge in [-0.25, -0.2) is 0 Å². The molecule has 0 aliphatic carbocycles. The highest BCUT2D eigenvalue weighted by Gasteiger charge is 2.32. The number of benzene rings is 1. The second-order valence-corrected chi connectivity index (χ2v) is 6.88. The van der Waals surface area contributed by atoms with Crippen molar-refractivity contribution in [3.05, 3.63) is 23.8 Å². The number of morpholine rings is 1. The molecule has 2 aliphatic rings. The standard InChI is InChI=1S/C18H26N2O4/c1-18(2)12-14-4-3-5-15(17(14)24-18)23-13-16(21)19-6-7-20-8-10-22-11-9-20/h3-5H,6-13H2,1-2H3,(H,19,21). The van der Waals surface area contributed by atoms with Crippen molar-refractivity contribution < 1.29 is 19.0 Å². The molecule has 132 valence electrons. The normalized spacial score (nSPS) is 19.4. The van der Waals surface area contributed by atoms with Crippen LogP contribution in [0.4, 0.5) is 0 Å². The lowest BCUT2D eigenvalue weighted by atomic mass is 10.0. The third kappa shape index (κ3) is 4.39. The van der Waals surface area contributed by atoms with Gasteiger partial charge in [0.2, 0.25) is 0 Å². The van der Waals surface area contributed by atoms with Crippen molar-refractivity contribution in [3.8, 4) is 11.5 Å². The number of nitrogens with one attached hydrogen (secondary N) is 1. The topological polar surface area (TPSA) is 60.0 Å². The van der Waals surface area contributed by atoms with E-state index >= 15 is 0 Å². The summed E-state index contributed by atoms with van der Waals surface area (Å²) in [6.07, 6.45) is 0.852. The molecular weight excluding hydrogens is 308 g/mol. The highest BCUT2D eigenvalue weighted by molar-refractivity contribution is 5.77.